The smallest absolute Gasteiger partial charge is 0.275 e. The summed E-state index contributed by atoms with van der Waals surface area (Å²) in [5, 5.41) is 0. The molecule has 26 heavy (non-hydrogen) atoms. The first-order valence-corrected chi connectivity index (χ1v) is 8.82. The van der Waals surface area contributed by atoms with Gasteiger partial charge in [0.05, 0.1) is 0 Å². The van der Waals surface area contributed by atoms with Gasteiger partial charge in [-0.2, -0.15) is 0 Å². The number of hydrogen-bond donors (Lipinski definition) is 0. The highest BCUT2D eigenvalue weighted by Gasteiger charge is 2.24. The SMILES string of the molecule is CN(C[C@@H]1CCCCN1C)C(=O)c1coc(COc2ccccc2F)n1. The number of likely N-dealkylation sites (tertiary alicyclic amines) is 1. The van der Waals surface area contributed by atoms with E-state index < -0.39 is 5.82 Å². The third-order valence-corrected chi connectivity index (χ3v) is 4.71. The van der Waals surface area contributed by atoms with E-state index in [9.17, 15) is 9.18 Å². The zero-order valence-electron chi connectivity index (χ0n) is 15.2. The number of oxazole rings is 1. The van der Waals surface area contributed by atoms with E-state index in [1.165, 1.54) is 31.2 Å². The first kappa shape index (κ1) is 18.4. The van der Waals surface area contributed by atoms with Crippen molar-refractivity contribution in [2.45, 2.75) is 31.9 Å². The molecule has 1 amide bonds. The summed E-state index contributed by atoms with van der Waals surface area (Å²) in [6.45, 7) is 1.68. The Labute approximate surface area is 152 Å². The van der Waals surface area contributed by atoms with Crippen LogP contribution in [0.4, 0.5) is 4.39 Å². The third-order valence-electron chi connectivity index (χ3n) is 4.71. The van der Waals surface area contributed by atoms with Crippen LogP contribution in [0.25, 0.3) is 0 Å². The Bertz CT molecular complexity index is 749. The molecule has 7 heteroatoms. The molecule has 2 aromatic rings. The predicted molar refractivity (Wildman–Crippen MR) is 94.5 cm³/mol. The number of carbonyl (C=O) groups excluding carboxylic acids is 1. The van der Waals surface area contributed by atoms with Crippen LogP contribution in [0.3, 0.4) is 0 Å². The second kappa shape index (κ2) is 8.31. The Morgan fingerprint density at radius 3 is 3.00 bits per heavy atom. The molecule has 0 bridgehead atoms. The van der Waals surface area contributed by atoms with E-state index >= 15 is 0 Å². The molecule has 1 fully saturated rings. The Morgan fingerprint density at radius 2 is 2.23 bits per heavy atom. The lowest BCUT2D eigenvalue weighted by molar-refractivity contribution is 0.0711. The van der Waals surface area contributed by atoms with Crippen LogP contribution in [0.15, 0.2) is 34.9 Å². The number of benzene rings is 1. The van der Waals surface area contributed by atoms with Gasteiger partial charge in [-0.05, 0) is 38.6 Å². The molecule has 1 aromatic heterocycles. The van der Waals surface area contributed by atoms with Crippen molar-refractivity contribution in [3.05, 3.63) is 47.9 Å². The van der Waals surface area contributed by atoms with Crippen molar-refractivity contribution in [2.24, 2.45) is 0 Å². The molecule has 6 nitrogen and oxygen atoms in total. The van der Waals surface area contributed by atoms with Crippen molar-refractivity contribution < 1.29 is 18.3 Å². The number of rotatable bonds is 6. The molecule has 1 aromatic carbocycles. The highest BCUT2D eigenvalue weighted by Crippen LogP contribution is 2.18. The molecular formula is C19H24FN3O3. The van der Waals surface area contributed by atoms with Gasteiger partial charge < -0.3 is 19.0 Å². The molecule has 1 aliphatic heterocycles. The summed E-state index contributed by atoms with van der Waals surface area (Å²) in [5.41, 5.74) is 0.234. The maximum Gasteiger partial charge on any atom is 0.275 e. The topological polar surface area (TPSA) is 58.8 Å². The number of piperidine rings is 1. The zero-order valence-corrected chi connectivity index (χ0v) is 15.2. The Balaban J connectivity index is 1.56. The predicted octanol–water partition coefficient (Wildman–Crippen LogP) is 2.95. The lowest BCUT2D eigenvalue weighted by atomic mass is 10.0. The van der Waals surface area contributed by atoms with Crippen LogP contribution in [0.5, 0.6) is 5.75 Å². The van der Waals surface area contributed by atoms with E-state index in [0.717, 1.165) is 13.0 Å². The molecule has 0 aliphatic carbocycles. The van der Waals surface area contributed by atoms with Gasteiger partial charge in [0, 0.05) is 19.6 Å². The first-order valence-electron chi connectivity index (χ1n) is 8.82. The van der Waals surface area contributed by atoms with Crippen LogP contribution in [-0.2, 0) is 6.61 Å². The average Bonchev–Trinajstić information content (AvgIpc) is 3.11. The molecular weight excluding hydrogens is 337 g/mol. The van der Waals surface area contributed by atoms with Gasteiger partial charge in [-0.15, -0.1) is 0 Å². The zero-order chi connectivity index (χ0) is 18.5. The maximum atomic E-state index is 13.5. The number of halogens is 1. The number of nitrogens with zero attached hydrogens (tertiary/aromatic N) is 3. The van der Waals surface area contributed by atoms with Gasteiger partial charge >= 0.3 is 0 Å². The molecule has 0 saturated carbocycles. The summed E-state index contributed by atoms with van der Waals surface area (Å²) < 4.78 is 24.2. The van der Waals surface area contributed by atoms with Crippen molar-refractivity contribution >= 4 is 5.91 Å². The minimum Gasteiger partial charge on any atom is -0.481 e. The van der Waals surface area contributed by atoms with Gasteiger partial charge in [-0.3, -0.25) is 4.79 Å². The second-order valence-corrected chi connectivity index (χ2v) is 6.66. The lowest BCUT2D eigenvalue weighted by Gasteiger charge is -2.34. The molecule has 3 rings (SSSR count). The number of ether oxygens (including phenoxy) is 1. The molecule has 0 radical (unpaired) electrons. The average molecular weight is 361 g/mol. The van der Waals surface area contributed by atoms with Gasteiger partial charge in [0.1, 0.15) is 6.26 Å². The fourth-order valence-corrected chi connectivity index (χ4v) is 3.15. The highest BCUT2D eigenvalue weighted by atomic mass is 19.1. The van der Waals surface area contributed by atoms with Crippen LogP contribution < -0.4 is 4.74 Å². The van der Waals surface area contributed by atoms with Crippen molar-refractivity contribution in [2.75, 3.05) is 27.2 Å². The number of carbonyl (C=O) groups is 1. The van der Waals surface area contributed by atoms with E-state index in [2.05, 4.69) is 16.9 Å². The van der Waals surface area contributed by atoms with E-state index in [0.29, 0.717) is 12.6 Å². The molecule has 0 N–H and O–H groups in total. The van der Waals surface area contributed by atoms with Crippen LogP contribution in [0.1, 0.15) is 35.6 Å². The molecule has 0 spiro atoms. The minimum atomic E-state index is -0.452. The molecule has 2 heterocycles. The fourth-order valence-electron chi connectivity index (χ4n) is 3.15. The van der Waals surface area contributed by atoms with Crippen LogP contribution in [-0.4, -0.2) is 53.9 Å². The Kier molecular flexibility index (Phi) is 5.88. The summed E-state index contributed by atoms with van der Waals surface area (Å²) in [5.74, 6) is -0.285. The van der Waals surface area contributed by atoms with E-state index in [-0.39, 0.29) is 29.8 Å². The minimum absolute atomic E-state index is 0.0384. The largest absolute Gasteiger partial charge is 0.481 e. The summed E-state index contributed by atoms with van der Waals surface area (Å²) in [6, 6.07) is 6.48. The quantitative estimate of drug-likeness (QED) is 0.792. The number of para-hydroxylation sites is 1. The molecule has 0 unspecified atom stereocenters. The fraction of sp³-hybridized carbons (Fsp3) is 0.474. The monoisotopic (exact) mass is 361 g/mol. The number of hydrogen-bond acceptors (Lipinski definition) is 5. The lowest BCUT2D eigenvalue weighted by Crippen LogP contribution is -2.45. The normalized spacial score (nSPS) is 17.9. The van der Waals surface area contributed by atoms with E-state index in [4.69, 9.17) is 9.15 Å². The van der Waals surface area contributed by atoms with Gasteiger partial charge in [0.2, 0.25) is 5.89 Å². The van der Waals surface area contributed by atoms with Crippen molar-refractivity contribution in [3.63, 3.8) is 0 Å². The maximum absolute atomic E-state index is 13.5. The Morgan fingerprint density at radius 1 is 1.42 bits per heavy atom. The van der Waals surface area contributed by atoms with Gasteiger partial charge in [0.15, 0.2) is 23.9 Å². The van der Waals surface area contributed by atoms with Crippen molar-refractivity contribution in [1.82, 2.24) is 14.8 Å². The molecule has 1 saturated heterocycles. The molecule has 1 atom stereocenters. The summed E-state index contributed by atoms with van der Waals surface area (Å²) in [6.07, 6.45) is 4.82. The van der Waals surface area contributed by atoms with Gasteiger partial charge in [-0.1, -0.05) is 18.6 Å². The number of amides is 1. The van der Waals surface area contributed by atoms with E-state index in [1.54, 1.807) is 24.1 Å². The number of aromatic nitrogens is 1. The van der Waals surface area contributed by atoms with E-state index in [1.807, 2.05) is 0 Å². The number of likely N-dealkylation sites (N-methyl/N-ethyl adjacent to an activating group) is 2. The van der Waals surface area contributed by atoms with Crippen LogP contribution in [0, 0.1) is 5.82 Å². The van der Waals surface area contributed by atoms with Crippen molar-refractivity contribution in [3.8, 4) is 5.75 Å². The Hall–Kier alpha value is -2.41. The highest BCUT2D eigenvalue weighted by molar-refractivity contribution is 5.91. The second-order valence-electron chi connectivity index (χ2n) is 6.66. The summed E-state index contributed by atoms with van der Waals surface area (Å²) >= 11 is 0. The van der Waals surface area contributed by atoms with Crippen molar-refractivity contribution in [1.29, 1.82) is 0 Å². The van der Waals surface area contributed by atoms with Gasteiger partial charge in [-0.25, -0.2) is 9.37 Å². The molecule has 140 valence electrons. The van der Waals surface area contributed by atoms with Crippen LogP contribution in [0.2, 0.25) is 0 Å². The first-order chi connectivity index (χ1) is 12.5. The van der Waals surface area contributed by atoms with Crippen LogP contribution >= 0.6 is 0 Å². The van der Waals surface area contributed by atoms with Gasteiger partial charge in [0.25, 0.3) is 5.91 Å². The summed E-state index contributed by atoms with van der Waals surface area (Å²) in [4.78, 5) is 20.7. The third kappa shape index (κ3) is 4.40. The standard InChI is InChI=1S/C19H24FN3O3/c1-22-10-6-5-7-14(22)11-23(2)19(24)16-12-26-18(21-16)13-25-17-9-4-3-8-15(17)20/h3-4,8-9,12,14H,5-7,10-11,13H2,1-2H3/t14-/m0/s1. The molecule has 1 aliphatic rings. The summed E-state index contributed by atoms with van der Waals surface area (Å²) in [7, 11) is 3.87.